The number of ether oxygens (including phenoxy) is 1. The number of nitrogens with zero attached hydrogens (tertiary/aromatic N) is 1. The van der Waals surface area contributed by atoms with E-state index in [4.69, 9.17) is 4.74 Å². The third-order valence-corrected chi connectivity index (χ3v) is 7.34. The summed E-state index contributed by atoms with van der Waals surface area (Å²) in [5.41, 5.74) is 1.00. The maximum Gasteiger partial charge on any atom is 0.251 e. The highest BCUT2D eigenvalue weighted by atomic mass is 32.2. The predicted octanol–water partition coefficient (Wildman–Crippen LogP) is 4.30. The second kappa shape index (κ2) is 8.57. The van der Waals surface area contributed by atoms with Gasteiger partial charge in [-0.3, -0.25) is 14.5 Å². The highest BCUT2D eigenvalue weighted by Gasteiger charge is 2.45. The molecule has 8 heteroatoms. The van der Waals surface area contributed by atoms with Crippen LogP contribution < -0.4 is 15.0 Å². The molecule has 2 amide bonds. The summed E-state index contributed by atoms with van der Waals surface area (Å²) in [6.45, 7) is 7.31. The second-order valence-corrected chi connectivity index (χ2v) is 10.6. The van der Waals surface area contributed by atoms with Crippen molar-refractivity contribution in [2.45, 2.75) is 64.0 Å². The van der Waals surface area contributed by atoms with Gasteiger partial charge in [-0.1, -0.05) is 13.0 Å². The van der Waals surface area contributed by atoms with Gasteiger partial charge in [-0.25, -0.2) is 4.21 Å². The number of fused-ring (bicyclic) bond motifs is 1. The number of hydrogen-bond donors (Lipinski definition) is 2. The van der Waals surface area contributed by atoms with E-state index in [1.54, 1.807) is 30.0 Å². The molecule has 1 fully saturated rings. The summed E-state index contributed by atoms with van der Waals surface area (Å²) in [7, 11) is 0. The van der Waals surface area contributed by atoms with E-state index in [2.05, 4.69) is 5.32 Å². The number of carbonyl (C=O) groups excluding carboxylic acids is 2. The topological polar surface area (TPSA) is 95.9 Å². The van der Waals surface area contributed by atoms with E-state index in [9.17, 15) is 18.4 Å². The van der Waals surface area contributed by atoms with Crippen LogP contribution in [-0.2, 0) is 21.3 Å². The van der Waals surface area contributed by atoms with E-state index < -0.39 is 22.0 Å². The smallest absolute Gasteiger partial charge is 0.251 e. The highest BCUT2D eigenvalue weighted by molar-refractivity contribution is 7.79. The monoisotopic (exact) mass is 470 g/mol. The minimum Gasteiger partial charge on any atom is -0.490 e. The van der Waals surface area contributed by atoms with E-state index in [0.717, 1.165) is 35.5 Å². The van der Waals surface area contributed by atoms with Gasteiger partial charge in [0, 0.05) is 11.6 Å². The lowest BCUT2D eigenvalue weighted by molar-refractivity contribution is -0.121. The number of benzene rings is 2. The van der Waals surface area contributed by atoms with Crippen LogP contribution in [0, 0.1) is 0 Å². The average Bonchev–Trinajstić information content (AvgIpc) is 3.54. The van der Waals surface area contributed by atoms with Crippen LogP contribution in [-0.4, -0.2) is 38.0 Å². The van der Waals surface area contributed by atoms with E-state index in [1.165, 1.54) is 0 Å². The standard InChI is InChI=1S/C25H30N2O5S/c1-5-25(4,15-33(30)31)26-22(28)16-9-12-21-20(13-16)24(2,3)23(29)27(21)17-7-6-8-19(14-17)32-18-10-11-18/h6-9,12-14,18H,5,10-11,15H2,1-4H3,(H,26,28)(H,30,31)/t25-/m0/s1. The van der Waals surface area contributed by atoms with Crippen molar-refractivity contribution >= 4 is 34.3 Å². The first-order chi connectivity index (χ1) is 15.5. The Morgan fingerprint density at radius 3 is 2.64 bits per heavy atom. The van der Waals surface area contributed by atoms with Crippen LogP contribution in [0.1, 0.15) is 62.9 Å². The van der Waals surface area contributed by atoms with E-state index in [0.29, 0.717) is 12.0 Å². The molecule has 1 heterocycles. The van der Waals surface area contributed by atoms with Crippen LogP contribution in [0.4, 0.5) is 11.4 Å². The molecule has 0 aromatic heterocycles. The molecule has 0 radical (unpaired) electrons. The summed E-state index contributed by atoms with van der Waals surface area (Å²) >= 11 is -2.03. The first kappa shape index (κ1) is 23.4. The van der Waals surface area contributed by atoms with Crippen molar-refractivity contribution in [3.05, 3.63) is 53.6 Å². The van der Waals surface area contributed by atoms with Gasteiger partial charge in [0.1, 0.15) is 5.75 Å². The molecule has 0 saturated heterocycles. The molecule has 2 aromatic carbocycles. The van der Waals surface area contributed by atoms with Gasteiger partial charge >= 0.3 is 0 Å². The lowest BCUT2D eigenvalue weighted by Gasteiger charge is -2.28. The average molecular weight is 471 g/mol. The molecule has 1 saturated carbocycles. The van der Waals surface area contributed by atoms with Crippen molar-refractivity contribution in [3.8, 4) is 5.75 Å². The van der Waals surface area contributed by atoms with Crippen LogP contribution in [0.25, 0.3) is 0 Å². The van der Waals surface area contributed by atoms with Gasteiger partial charge in [-0.05, 0) is 75.9 Å². The quantitative estimate of drug-likeness (QED) is 0.561. The molecule has 2 N–H and O–H groups in total. The van der Waals surface area contributed by atoms with Gasteiger partial charge in [0.15, 0.2) is 11.1 Å². The fraction of sp³-hybridized carbons (Fsp3) is 0.440. The Labute approximate surface area is 196 Å². The molecule has 0 spiro atoms. The Balaban J connectivity index is 1.65. The number of anilines is 2. The molecule has 176 valence electrons. The van der Waals surface area contributed by atoms with Crippen molar-refractivity contribution in [1.82, 2.24) is 5.32 Å². The van der Waals surface area contributed by atoms with Crippen LogP contribution in [0.5, 0.6) is 5.75 Å². The molecule has 2 aromatic rings. The normalized spacial score (nSPS) is 19.5. The Morgan fingerprint density at radius 1 is 1.27 bits per heavy atom. The summed E-state index contributed by atoms with van der Waals surface area (Å²) in [6, 6.07) is 12.8. The lowest BCUT2D eigenvalue weighted by atomic mass is 9.85. The van der Waals surface area contributed by atoms with E-state index in [1.807, 2.05) is 45.0 Å². The Morgan fingerprint density at radius 2 is 2.00 bits per heavy atom. The third kappa shape index (κ3) is 4.68. The molecule has 2 aliphatic rings. The lowest BCUT2D eigenvalue weighted by Crippen LogP contribution is -2.49. The van der Waals surface area contributed by atoms with Gasteiger partial charge in [0.25, 0.3) is 5.91 Å². The molecule has 33 heavy (non-hydrogen) atoms. The Bertz CT molecular complexity index is 1130. The summed E-state index contributed by atoms with van der Waals surface area (Å²) < 4.78 is 26.5. The zero-order valence-corrected chi connectivity index (χ0v) is 20.2. The van der Waals surface area contributed by atoms with Gasteiger partial charge < -0.3 is 14.6 Å². The SMILES string of the molecule is CC[C@@](C)(CS(=O)O)NC(=O)c1ccc2c(c1)C(C)(C)C(=O)N2c1cccc(OC2CC2)c1. The van der Waals surface area contributed by atoms with Crippen LogP contribution in [0.2, 0.25) is 0 Å². The van der Waals surface area contributed by atoms with Gasteiger partial charge in [0.05, 0.1) is 34.2 Å². The molecular weight excluding hydrogens is 440 g/mol. The highest BCUT2D eigenvalue weighted by Crippen LogP contribution is 2.46. The van der Waals surface area contributed by atoms with Gasteiger partial charge in [-0.2, -0.15) is 0 Å². The fourth-order valence-corrected chi connectivity index (χ4v) is 4.87. The largest absolute Gasteiger partial charge is 0.490 e. The zero-order valence-electron chi connectivity index (χ0n) is 19.4. The van der Waals surface area contributed by atoms with Crippen molar-refractivity contribution in [2.75, 3.05) is 10.7 Å². The van der Waals surface area contributed by atoms with E-state index >= 15 is 0 Å². The molecule has 1 unspecified atom stereocenters. The molecule has 2 atom stereocenters. The number of amides is 2. The number of nitrogens with one attached hydrogen (secondary N) is 1. The molecule has 0 bridgehead atoms. The first-order valence-electron chi connectivity index (χ1n) is 11.2. The minimum atomic E-state index is -2.03. The molecule has 1 aliphatic heterocycles. The van der Waals surface area contributed by atoms with E-state index in [-0.39, 0.29) is 23.7 Å². The third-order valence-electron chi connectivity index (χ3n) is 6.45. The maximum absolute atomic E-state index is 13.4. The zero-order chi connectivity index (χ0) is 24.0. The van der Waals surface area contributed by atoms with Crippen molar-refractivity contribution in [1.29, 1.82) is 0 Å². The summed E-state index contributed by atoms with van der Waals surface area (Å²) in [4.78, 5) is 28.1. The van der Waals surface area contributed by atoms with Crippen molar-refractivity contribution < 1.29 is 23.1 Å². The maximum atomic E-state index is 13.4. The summed E-state index contributed by atoms with van der Waals surface area (Å²) in [6.07, 6.45) is 2.88. The van der Waals surface area contributed by atoms with Gasteiger partial charge in [-0.15, -0.1) is 0 Å². The minimum absolute atomic E-state index is 0.0583. The Kier molecular flexibility index (Phi) is 6.09. The first-order valence-corrected chi connectivity index (χ1v) is 12.5. The van der Waals surface area contributed by atoms with Gasteiger partial charge in [0.2, 0.25) is 5.91 Å². The predicted molar refractivity (Wildman–Crippen MR) is 129 cm³/mol. The molecule has 4 rings (SSSR count). The molecule has 1 aliphatic carbocycles. The number of rotatable bonds is 8. The second-order valence-electron chi connectivity index (χ2n) is 9.65. The van der Waals surface area contributed by atoms with Crippen molar-refractivity contribution in [3.63, 3.8) is 0 Å². The molecular formula is C25H30N2O5S. The van der Waals surface area contributed by atoms with Crippen LogP contribution in [0.15, 0.2) is 42.5 Å². The summed E-state index contributed by atoms with van der Waals surface area (Å²) in [5.74, 6) is 0.268. The fourth-order valence-electron chi connectivity index (χ4n) is 4.05. The molecule has 7 nitrogen and oxygen atoms in total. The summed E-state index contributed by atoms with van der Waals surface area (Å²) in [5, 5.41) is 2.89. The Hall–Kier alpha value is -2.71. The van der Waals surface area contributed by atoms with Crippen LogP contribution >= 0.6 is 0 Å². The van der Waals surface area contributed by atoms with Crippen molar-refractivity contribution in [2.24, 2.45) is 0 Å². The number of hydrogen-bond acceptors (Lipinski definition) is 4. The van der Waals surface area contributed by atoms with Crippen LogP contribution in [0.3, 0.4) is 0 Å². The number of carbonyl (C=O) groups is 2.